The Morgan fingerprint density at radius 3 is 2.38 bits per heavy atom. The Labute approximate surface area is 128 Å². The van der Waals surface area contributed by atoms with Gasteiger partial charge in [-0.1, -0.05) is 6.07 Å². The standard InChI is InChI=1S/C17H28N2O2/c1-12(2)19(13(3)4)10-9-18-17(20)15-8-7-14(5)16(11-15)21-6/h7-8,11-13H,9-10H2,1-6H3,(H,18,20). The van der Waals surface area contributed by atoms with E-state index in [0.717, 1.165) is 17.9 Å². The molecule has 0 saturated carbocycles. The van der Waals surface area contributed by atoms with Crippen molar-refractivity contribution in [3.63, 3.8) is 0 Å². The fraction of sp³-hybridized carbons (Fsp3) is 0.588. The summed E-state index contributed by atoms with van der Waals surface area (Å²) < 4.78 is 5.25. The lowest BCUT2D eigenvalue weighted by molar-refractivity contribution is 0.0939. The zero-order valence-electron chi connectivity index (χ0n) is 14.1. The van der Waals surface area contributed by atoms with Gasteiger partial charge in [0.25, 0.3) is 5.91 Å². The van der Waals surface area contributed by atoms with E-state index in [1.54, 1.807) is 13.2 Å². The van der Waals surface area contributed by atoms with Gasteiger partial charge in [-0.15, -0.1) is 0 Å². The van der Waals surface area contributed by atoms with Crippen molar-refractivity contribution >= 4 is 5.91 Å². The fourth-order valence-electron chi connectivity index (χ4n) is 2.47. The summed E-state index contributed by atoms with van der Waals surface area (Å²) in [7, 11) is 1.62. The number of hydrogen-bond donors (Lipinski definition) is 1. The molecule has 0 aliphatic heterocycles. The van der Waals surface area contributed by atoms with E-state index in [9.17, 15) is 4.79 Å². The van der Waals surface area contributed by atoms with Gasteiger partial charge in [-0.3, -0.25) is 9.69 Å². The second-order valence-electron chi connectivity index (χ2n) is 5.87. The van der Waals surface area contributed by atoms with E-state index < -0.39 is 0 Å². The van der Waals surface area contributed by atoms with Crippen molar-refractivity contribution in [2.45, 2.75) is 46.7 Å². The van der Waals surface area contributed by atoms with E-state index >= 15 is 0 Å². The molecule has 1 N–H and O–H groups in total. The van der Waals surface area contributed by atoms with Crippen LogP contribution in [-0.4, -0.2) is 43.1 Å². The number of aryl methyl sites for hydroxylation is 1. The average Bonchev–Trinajstić information content (AvgIpc) is 2.42. The molecule has 0 radical (unpaired) electrons. The molecule has 0 spiro atoms. The Bertz CT molecular complexity index is 462. The van der Waals surface area contributed by atoms with Crippen molar-refractivity contribution in [1.82, 2.24) is 10.2 Å². The van der Waals surface area contributed by atoms with Gasteiger partial charge in [0.1, 0.15) is 5.75 Å². The first kappa shape index (κ1) is 17.5. The number of carbonyl (C=O) groups excluding carboxylic acids is 1. The maximum Gasteiger partial charge on any atom is 0.251 e. The van der Waals surface area contributed by atoms with E-state index in [0.29, 0.717) is 24.2 Å². The molecule has 0 aliphatic rings. The molecule has 0 heterocycles. The second-order valence-corrected chi connectivity index (χ2v) is 5.87. The van der Waals surface area contributed by atoms with Crippen LogP contribution in [0.2, 0.25) is 0 Å². The number of ether oxygens (including phenoxy) is 1. The predicted molar refractivity (Wildman–Crippen MR) is 87.0 cm³/mol. The van der Waals surface area contributed by atoms with Crippen LogP contribution in [0.1, 0.15) is 43.6 Å². The number of carbonyl (C=O) groups is 1. The highest BCUT2D eigenvalue weighted by Gasteiger charge is 2.14. The highest BCUT2D eigenvalue weighted by atomic mass is 16.5. The number of nitrogens with one attached hydrogen (secondary N) is 1. The lowest BCUT2D eigenvalue weighted by Gasteiger charge is -2.30. The molecule has 0 bridgehead atoms. The molecule has 0 aromatic heterocycles. The number of nitrogens with zero attached hydrogens (tertiary/aromatic N) is 1. The summed E-state index contributed by atoms with van der Waals surface area (Å²) in [5.74, 6) is 0.689. The van der Waals surface area contributed by atoms with Gasteiger partial charge in [-0.05, 0) is 52.3 Å². The highest BCUT2D eigenvalue weighted by Crippen LogP contribution is 2.18. The van der Waals surface area contributed by atoms with Crippen LogP contribution in [0.15, 0.2) is 18.2 Å². The van der Waals surface area contributed by atoms with Gasteiger partial charge in [-0.25, -0.2) is 0 Å². The molecule has 1 aromatic rings. The minimum absolute atomic E-state index is 0.0548. The molecule has 1 rings (SSSR count). The van der Waals surface area contributed by atoms with Crippen molar-refractivity contribution in [2.24, 2.45) is 0 Å². The Morgan fingerprint density at radius 2 is 1.86 bits per heavy atom. The maximum absolute atomic E-state index is 12.2. The van der Waals surface area contributed by atoms with Crippen molar-refractivity contribution in [1.29, 1.82) is 0 Å². The summed E-state index contributed by atoms with van der Waals surface area (Å²) in [6, 6.07) is 6.47. The van der Waals surface area contributed by atoms with Crippen molar-refractivity contribution < 1.29 is 9.53 Å². The molecule has 1 aromatic carbocycles. The molecule has 0 atom stereocenters. The Kier molecular flexibility index (Phi) is 6.69. The zero-order valence-corrected chi connectivity index (χ0v) is 14.1. The summed E-state index contributed by atoms with van der Waals surface area (Å²) in [5, 5.41) is 2.97. The van der Waals surface area contributed by atoms with Crippen molar-refractivity contribution in [3.8, 4) is 5.75 Å². The van der Waals surface area contributed by atoms with Gasteiger partial charge < -0.3 is 10.1 Å². The summed E-state index contributed by atoms with van der Waals surface area (Å²) in [6.45, 7) is 12.2. The van der Waals surface area contributed by atoms with Gasteiger partial charge in [0.15, 0.2) is 0 Å². The van der Waals surface area contributed by atoms with Crippen molar-refractivity contribution in [3.05, 3.63) is 29.3 Å². The molecule has 1 amide bonds. The largest absolute Gasteiger partial charge is 0.496 e. The molecule has 0 saturated heterocycles. The molecular formula is C17H28N2O2. The molecule has 0 aliphatic carbocycles. The number of amides is 1. The predicted octanol–water partition coefficient (Wildman–Crippen LogP) is 2.85. The first-order valence-corrected chi connectivity index (χ1v) is 7.55. The third-order valence-corrected chi connectivity index (χ3v) is 3.65. The Morgan fingerprint density at radius 1 is 1.24 bits per heavy atom. The zero-order chi connectivity index (χ0) is 16.0. The lowest BCUT2D eigenvalue weighted by Crippen LogP contribution is -2.42. The van der Waals surface area contributed by atoms with E-state index in [2.05, 4.69) is 37.9 Å². The van der Waals surface area contributed by atoms with Crippen LogP contribution in [0.3, 0.4) is 0 Å². The maximum atomic E-state index is 12.2. The smallest absolute Gasteiger partial charge is 0.251 e. The van der Waals surface area contributed by atoms with Gasteiger partial charge in [0.05, 0.1) is 7.11 Å². The van der Waals surface area contributed by atoms with E-state index in [1.165, 1.54) is 0 Å². The van der Waals surface area contributed by atoms with Gasteiger partial charge >= 0.3 is 0 Å². The number of hydrogen-bond acceptors (Lipinski definition) is 3. The molecular weight excluding hydrogens is 264 g/mol. The monoisotopic (exact) mass is 292 g/mol. The molecule has 0 unspecified atom stereocenters. The highest BCUT2D eigenvalue weighted by molar-refractivity contribution is 5.94. The third kappa shape index (κ3) is 5.05. The van der Waals surface area contributed by atoms with Crippen LogP contribution in [0.25, 0.3) is 0 Å². The summed E-state index contributed by atoms with van der Waals surface area (Å²) in [6.07, 6.45) is 0. The van der Waals surface area contributed by atoms with Crippen molar-refractivity contribution in [2.75, 3.05) is 20.2 Å². The average molecular weight is 292 g/mol. The number of methoxy groups -OCH3 is 1. The lowest BCUT2D eigenvalue weighted by atomic mass is 10.1. The molecule has 4 nitrogen and oxygen atoms in total. The number of rotatable bonds is 7. The molecule has 4 heteroatoms. The normalized spacial score (nSPS) is 11.3. The first-order chi connectivity index (χ1) is 9.86. The van der Waals surface area contributed by atoms with Crippen LogP contribution in [0, 0.1) is 6.92 Å². The molecule has 118 valence electrons. The third-order valence-electron chi connectivity index (χ3n) is 3.65. The SMILES string of the molecule is COc1cc(C(=O)NCCN(C(C)C)C(C)C)ccc1C. The van der Waals surface area contributed by atoms with E-state index in [1.807, 2.05) is 19.1 Å². The van der Waals surface area contributed by atoms with Crippen LogP contribution < -0.4 is 10.1 Å². The van der Waals surface area contributed by atoms with Crippen LogP contribution in [0.5, 0.6) is 5.75 Å². The summed E-state index contributed by atoms with van der Waals surface area (Å²) in [5.41, 5.74) is 1.66. The minimum atomic E-state index is -0.0548. The molecule has 21 heavy (non-hydrogen) atoms. The topological polar surface area (TPSA) is 41.6 Å². The second kappa shape index (κ2) is 8.03. The molecule has 0 fully saturated rings. The minimum Gasteiger partial charge on any atom is -0.496 e. The Hall–Kier alpha value is -1.55. The van der Waals surface area contributed by atoms with Gasteiger partial charge in [0.2, 0.25) is 0 Å². The fourth-order valence-corrected chi connectivity index (χ4v) is 2.47. The first-order valence-electron chi connectivity index (χ1n) is 7.55. The number of benzene rings is 1. The van der Waals surface area contributed by atoms with E-state index in [-0.39, 0.29) is 5.91 Å². The summed E-state index contributed by atoms with van der Waals surface area (Å²) in [4.78, 5) is 14.5. The quantitative estimate of drug-likeness (QED) is 0.840. The van der Waals surface area contributed by atoms with Crippen LogP contribution >= 0.6 is 0 Å². The van der Waals surface area contributed by atoms with Gasteiger partial charge in [-0.2, -0.15) is 0 Å². The van der Waals surface area contributed by atoms with Crippen LogP contribution in [-0.2, 0) is 0 Å². The van der Waals surface area contributed by atoms with E-state index in [4.69, 9.17) is 4.74 Å². The summed E-state index contributed by atoms with van der Waals surface area (Å²) >= 11 is 0. The van der Waals surface area contributed by atoms with Gasteiger partial charge in [0, 0.05) is 30.7 Å². The van der Waals surface area contributed by atoms with Crippen LogP contribution in [0.4, 0.5) is 0 Å². The Balaban J connectivity index is 2.58.